The molecule has 0 unspecified atom stereocenters. The maximum Gasteiger partial charge on any atom is 0.322 e. The number of benzene rings is 2. The zero-order valence-electron chi connectivity index (χ0n) is 25.8. The van der Waals surface area contributed by atoms with E-state index in [0.29, 0.717) is 58.9 Å². The van der Waals surface area contributed by atoms with Gasteiger partial charge in [0.05, 0.1) is 41.9 Å². The predicted octanol–water partition coefficient (Wildman–Crippen LogP) is 5.62. The average Bonchev–Trinajstić information content (AvgIpc) is 3.37. The van der Waals surface area contributed by atoms with Crippen molar-refractivity contribution in [2.45, 2.75) is 6.92 Å². The van der Waals surface area contributed by atoms with E-state index in [1.165, 1.54) is 18.3 Å². The second-order valence-electron chi connectivity index (χ2n) is 10.9. The van der Waals surface area contributed by atoms with E-state index < -0.39 is 17.6 Å². The van der Waals surface area contributed by atoms with Crippen molar-refractivity contribution in [3.05, 3.63) is 90.4 Å². The van der Waals surface area contributed by atoms with Crippen LogP contribution in [0, 0.1) is 24.6 Å². The Morgan fingerprint density at radius 3 is 2.57 bits per heavy atom. The van der Waals surface area contributed by atoms with Crippen LogP contribution in [0.4, 0.5) is 20.3 Å². The Hall–Kier alpha value is -5.64. The largest absolute Gasteiger partial charge is 0.421 e. The maximum atomic E-state index is 15.7. The third-order valence-corrected chi connectivity index (χ3v) is 7.72. The molecule has 1 fully saturated rings. The summed E-state index contributed by atoms with van der Waals surface area (Å²) < 4.78 is 42.0. The Labute approximate surface area is 269 Å². The van der Waals surface area contributed by atoms with Gasteiger partial charge < -0.3 is 25.1 Å². The minimum absolute atomic E-state index is 0.0276. The van der Waals surface area contributed by atoms with Crippen LogP contribution in [0.25, 0.3) is 33.3 Å². The molecule has 238 valence electrons. The van der Waals surface area contributed by atoms with Gasteiger partial charge in [-0.15, -0.1) is 0 Å². The standard InChI is InChI=1S/C35H31F2N7O3/c1-21-12-13-39-35(41-21)47-28-11-8-24(19-27(28)37)29-30-32(25(20-40-33(30)38)5-4-14-44-15-17-46-18-16-44)43(3)31(29)23-6-9-26(10-7-23)42-34(45)22(2)36/h6-13,19-20H,2,14-18H2,1,3H3,(H2,38,40)(H,42,45). The first-order valence-corrected chi connectivity index (χ1v) is 14.8. The lowest BCUT2D eigenvalue weighted by Crippen LogP contribution is -2.36. The number of pyridine rings is 1. The number of fused-ring (bicyclic) bond motifs is 1. The first-order chi connectivity index (χ1) is 22.7. The molecule has 1 aliphatic heterocycles. The lowest BCUT2D eigenvalue weighted by molar-refractivity contribution is -0.114. The van der Waals surface area contributed by atoms with Crippen molar-refractivity contribution < 1.29 is 23.0 Å². The molecule has 6 rings (SSSR count). The second-order valence-corrected chi connectivity index (χ2v) is 10.9. The molecule has 1 amide bonds. The minimum atomic E-state index is -1.10. The van der Waals surface area contributed by atoms with Gasteiger partial charge in [-0.05, 0) is 48.4 Å². The van der Waals surface area contributed by atoms with Gasteiger partial charge in [-0.1, -0.05) is 36.6 Å². The Morgan fingerprint density at radius 2 is 1.87 bits per heavy atom. The second kappa shape index (κ2) is 13.4. The highest BCUT2D eigenvalue weighted by atomic mass is 19.1. The van der Waals surface area contributed by atoms with Gasteiger partial charge in [0.15, 0.2) is 17.4 Å². The fourth-order valence-corrected chi connectivity index (χ4v) is 5.45. The van der Waals surface area contributed by atoms with Crippen LogP contribution >= 0.6 is 0 Å². The smallest absolute Gasteiger partial charge is 0.322 e. The summed E-state index contributed by atoms with van der Waals surface area (Å²) in [5.41, 5.74) is 11.5. The summed E-state index contributed by atoms with van der Waals surface area (Å²) in [6, 6.07) is 13.2. The van der Waals surface area contributed by atoms with Gasteiger partial charge >= 0.3 is 6.01 Å². The average molecular weight is 636 g/mol. The third kappa shape index (κ3) is 6.67. The van der Waals surface area contributed by atoms with Gasteiger partial charge in [0.2, 0.25) is 0 Å². The molecule has 10 nitrogen and oxygen atoms in total. The van der Waals surface area contributed by atoms with E-state index in [1.807, 2.05) is 11.6 Å². The molecule has 4 heterocycles. The summed E-state index contributed by atoms with van der Waals surface area (Å²) in [7, 11) is 1.87. The van der Waals surface area contributed by atoms with Gasteiger partial charge in [0.25, 0.3) is 5.91 Å². The fraction of sp³-hybridized carbons (Fsp3) is 0.200. The van der Waals surface area contributed by atoms with Crippen molar-refractivity contribution in [3.63, 3.8) is 0 Å². The molecule has 1 saturated heterocycles. The Morgan fingerprint density at radius 1 is 1.13 bits per heavy atom. The molecule has 0 radical (unpaired) electrons. The fourth-order valence-electron chi connectivity index (χ4n) is 5.45. The number of hydrogen-bond acceptors (Lipinski definition) is 8. The van der Waals surface area contributed by atoms with Crippen LogP contribution in [0.3, 0.4) is 0 Å². The first-order valence-electron chi connectivity index (χ1n) is 14.8. The van der Waals surface area contributed by atoms with Crippen molar-refractivity contribution >= 4 is 28.3 Å². The molecule has 47 heavy (non-hydrogen) atoms. The summed E-state index contributed by atoms with van der Waals surface area (Å²) in [5, 5.41) is 3.06. The Bertz CT molecular complexity index is 2060. The molecule has 0 spiro atoms. The van der Waals surface area contributed by atoms with E-state index in [9.17, 15) is 9.18 Å². The summed E-state index contributed by atoms with van der Waals surface area (Å²) >= 11 is 0. The molecule has 0 bridgehead atoms. The number of hydrogen-bond donors (Lipinski definition) is 2. The number of carbonyl (C=O) groups is 1. The van der Waals surface area contributed by atoms with E-state index in [-0.39, 0.29) is 17.6 Å². The topological polar surface area (TPSA) is 120 Å². The molecule has 0 atom stereocenters. The van der Waals surface area contributed by atoms with Crippen LogP contribution in [0.1, 0.15) is 11.3 Å². The molecule has 12 heteroatoms. The summed E-state index contributed by atoms with van der Waals surface area (Å²) in [5.74, 6) is 4.06. The van der Waals surface area contributed by atoms with Gasteiger partial charge in [-0.3, -0.25) is 9.69 Å². The zero-order chi connectivity index (χ0) is 33.1. The number of nitrogens with one attached hydrogen (secondary N) is 1. The number of carbonyl (C=O) groups excluding carboxylic acids is 1. The monoisotopic (exact) mass is 635 g/mol. The molecule has 0 aliphatic carbocycles. The number of rotatable bonds is 7. The molecule has 1 aliphatic rings. The summed E-state index contributed by atoms with van der Waals surface area (Å²) in [6.45, 7) is 8.34. The van der Waals surface area contributed by atoms with E-state index in [0.717, 1.165) is 24.2 Å². The van der Waals surface area contributed by atoms with Crippen LogP contribution < -0.4 is 15.8 Å². The highest BCUT2D eigenvalue weighted by molar-refractivity contribution is 6.11. The van der Waals surface area contributed by atoms with Gasteiger partial charge in [-0.25, -0.2) is 23.7 Å². The van der Waals surface area contributed by atoms with Gasteiger partial charge in [0.1, 0.15) is 5.82 Å². The van der Waals surface area contributed by atoms with Crippen LogP contribution in [0.15, 0.2) is 73.3 Å². The number of halogens is 2. The quantitative estimate of drug-likeness (QED) is 0.175. The number of aromatic nitrogens is 4. The zero-order valence-corrected chi connectivity index (χ0v) is 25.8. The first kappa shape index (κ1) is 31.3. The predicted molar refractivity (Wildman–Crippen MR) is 176 cm³/mol. The van der Waals surface area contributed by atoms with Crippen molar-refractivity contribution in [2.24, 2.45) is 7.05 Å². The molecule has 3 aromatic heterocycles. The van der Waals surface area contributed by atoms with Crippen LogP contribution in [0.5, 0.6) is 11.8 Å². The van der Waals surface area contributed by atoms with E-state index in [2.05, 4.69) is 43.6 Å². The van der Waals surface area contributed by atoms with E-state index >= 15 is 4.39 Å². The number of aryl methyl sites for hydroxylation is 2. The molecule has 0 saturated carbocycles. The number of amides is 1. The normalized spacial score (nSPS) is 13.2. The molecule has 5 aromatic rings. The number of nitrogens with two attached hydrogens (primary N) is 1. The van der Waals surface area contributed by atoms with Crippen molar-refractivity contribution in [3.8, 4) is 46.0 Å². The lowest BCUT2D eigenvalue weighted by atomic mass is 9.97. The van der Waals surface area contributed by atoms with Crippen LogP contribution in [-0.2, 0) is 16.6 Å². The van der Waals surface area contributed by atoms with Crippen LogP contribution in [0.2, 0.25) is 0 Å². The number of nitrogen functional groups attached to an aromatic ring is 1. The highest BCUT2D eigenvalue weighted by Gasteiger charge is 2.24. The number of ether oxygens (including phenoxy) is 2. The highest BCUT2D eigenvalue weighted by Crippen LogP contribution is 2.44. The number of morpholine rings is 1. The summed E-state index contributed by atoms with van der Waals surface area (Å²) in [4.78, 5) is 26.8. The van der Waals surface area contributed by atoms with Gasteiger partial charge in [0, 0.05) is 49.5 Å². The molecular weight excluding hydrogens is 604 g/mol. The minimum Gasteiger partial charge on any atom is -0.421 e. The van der Waals surface area contributed by atoms with Crippen molar-refractivity contribution in [2.75, 3.05) is 43.9 Å². The number of anilines is 2. The third-order valence-electron chi connectivity index (χ3n) is 7.72. The van der Waals surface area contributed by atoms with Crippen LogP contribution in [-0.4, -0.2) is 63.2 Å². The maximum absolute atomic E-state index is 15.7. The Kier molecular flexibility index (Phi) is 8.92. The lowest BCUT2D eigenvalue weighted by Gasteiger charge is -2.24. The van der Waals surface area contributed by atoms with E-state index in [4.69, 9.17) is 15.2 Å². The Balaban J connectivity index is 1.48. The summed E-state index contributed by atoms with van der Waals surface area (Å²) in [6.07, 6.45) is 3.17. The van der Waals surface area contributed by atoms with Crippen molar-refractivity contribution in [1.29, 1.82) is 0 Å². The molecular formula is C35H31F2N7O3. The number of nitrogens with zero attached hydrogens (tertiary/aromatic N) is 5. The van der Waals surface area contributed by atoms with E-state index in [1.54, 1.807) is 49.5 Å². The van der Waals surface area contributed by atoms with Crippen molar-refractivity contribution in [1.82, 2.24) is 24.4 Å². The SMILES string of the molecule is C=C(F)C(=O)Nc1ccc(-c2c(-c3ccc(Oc4nccc(C)n4)c(F)c3)c3c(N)ncc(C#CCN4CCOCC4)c3n2C)cc1. The van der Waals surface area contributed by atoms with Gasteiger partial charge in [-0.2, -0.15) is 0 Å². The molecule has 3 N–H and O–H groups in total. The molecule has 2 aromatic carbocycles.